The van der Waals surface area contributed by atoms with Crippen molar-refractivity contribution in [2.45, 2.75) is 45.2 Å². The van der Waals surface area contributed by atoms with Gasteiger partial charge in [-0.1, -0.05) is 35.4 Å². The van der Waals surface area contributed by atoms with Gasteiger partial charge in [0.1, 0.15) is 0 Å². The van der Waals surface area contributed by atoms with Gasteiger partial charge >= 0.3 is 6.01 Å². The van der Waals surface area contributed by atoms with Gasteiger partial charge in [-0.2, -0.15) is 0 Å². The predicted octanol–water partition coefficient (Wildman–Crippen LogP) is 1.79. The van der Waals surface area contributed by atoms with Crippen LogP contribution in [0.3, 0.4) is 0 Å². The van der Waals surface area contributed by atoms with E-state index in [1.54, 1.807) is 0 Å². The van der Waals surface area contributed by atoms with Crippen LogP contribution >= 0.6 is 0 Å². The molecule has 0 aliphatic carbocycles. The molecule has 0 unspecified atom stereocenters. The summed E-state index contributed by atoms with van der Waals surface area (Å²) in [4.78, 5) is 22.7. The normalized spacial score (nSPS) is 17.6. The predicted molar refractivity (Wildman–Crippen MR) is 126 cm³/mol. The van der Waals surface area contributed by atoms with Crippen LogP contribution in [0, 0.1) is 0 Å². The monoisotopic (exact) mass is 477 g/mol. The molecule has 2 aliphatic rings. The molecule has 11 heteroatoms. The third kappa shape index (κ3) is 9.86. The quantitative estimate of drug-likeness (QED) is 0.577. The molecule has 1 atom stereocenters. The van der Waals surface area contributed by atoms with E-state index in [1.807, 2.05) is 18.2 Å². The van der Waals surface area contributed by atoms with Crippen LogP contribution in [0.1, 0.15) is 44.2 Å². The molecular formula is C23H35N5O6. The van der Waals surface area contributed by atoms with Crippen LogP contribution in [0.4, 0.5) is 6.01 Å². The first kappa shape index (κ1) is 27.2. The summed E-state index contributed by atoms with van der Waals surface area (Å²) in [6.45, 7) is 7.81. The van der Waals surface area contributed by atoms with Crippen molar-refractivity contribution >= 4 is 18.0 Å². The van der Waals surface area contributed by atoms with Gasteiger partial charge in [0.15, 0.2) is 0 Å². The van der Waals surface area contributed by atoms with Crippen LogP contribution in [-0.4, -0.2) is 82.7 Å². The molecule has 1 aromatic carbocycles. The van der Waals surface area contributed by atoms with Crippen molar-refractivity contribution < 1.29 is 29.0 Å². The van der Waals surface area contributed by atoms with Crippen molar-refractivity contribution in [3.05, 3.63) is 41.8 Å². The van der Waals surface area contributed by atoms with E-state index < -0.39 is 11.9 Å². The summed E-state index contributed by atoms with van der Waals surface area (Å²) in [7, 11) is 0. The number of nitrogens with two attached hydrogens (primary N) is 1. The van der Waals surface area contributed by atoms with Crippen molar-refractivity contribution in [1.82, 2.24) is 15.1 Å². The number of piperazine rings is 1. The molecule has 3 heterocycles. The van der Waals surface area contributed by atoms with Gasteiger partial charge in [-0.15, -0.1) is 5.10 Å². The lowest BCUT2D eigenvalue weighted by Gasteiger charge is -2.40. The Kier molecular flexibility index (Phi) is 11.4. The van der Waals surface area contributed by atoms with Gasteiger partial charge in [0.2, 0.25) is 5.89 Å². The maximum atomic E-state index is 9.00. The van der Waals surface area contributed by atoms with Gasteiger partial charge in [-0.3, -0.25) is 14.5 Å². The lowest BCUT2D eigenvalue weighted by molar-refractivity contribution is -0.135. The number of aliphatic carboxylic acids is 2. The highest BCUT2D eigenvalue weighted by atomic mass is 16.5. The van der Waals surface area contributed by atoms with Crippen LogP contribution in [-0.2, 0) is 20.7 Å². The summed E-state index contributed by atoms with van der Waals surface area (Å²) >= 11 is 0. The fraction of sp³-hybridized carbons (Fsp3) is 0.565. The van der Waals surface area contributed by atoms with Crippen molar-refractivity contribution in [3.63, 3.8) is 0 Å². The average Bonchev–Trinajstić information content (AvgIpc) is 3.30. The molecule has 188 valence electrons. The summed E-state index contributed by atoms with van der Waals surface area (Å²) in [5, 5.41) is 23.2. The topological polar surface area (TPSA) is 155 Å². The second-order valence-corrected chi connectivity index (χ2v) is 8.12. The standard InChI is InChI=1S/C19H27N5O2.2C2H4O2/c20-17(14-15-4-2-1-3-5-15)18-21-22-19(26-18)24-10-8-23(9-11-24)16-6-12-25-13-7-16;2*1-2(3)4/h1-5,16-17H,6-14,20H2;2*1H3,(H,3,4)/t17-;;/m1../s1. The van der Waals surface area contributed by atoms with Crippen molar-refractivity contribution in [2.75, 3.05) is 44.3 Å². The number of carboxylic acid groups (broad SMARTS) is 2. The zero-order valence-electron chi connectivity index (χ0n) is 19.8. The molecule has 4 N–H and O–H groups in total. The highest BCUT2D eigenvalue weighted by molar-refractivity contribution is 5.63. The van der Waals surface area contributed by atoms with Crippen molar-refractivity contribution in [3.8, 4) is 0 Å². The van der Waals surface area contributed by atoms with E-state index in [0.29, 0.717) is 24.4 Å². The van der Waals surface area contributed by atoms with Gasteiger partial charge in [-0.05, 0) is 24.8 Å². The Morgan fingerprint density at radius 2 is 1.59 bits per heavy atom. The first-order chi connectivity index (χ1) is 16.3. The second kappa shape index (κ2) is 14.3. The van der Waals surface area contributed by atoms with Crippen LogP contribution in [0.15, 0.2) is 34.7 Å². The van der Waals surface area contributed by atoms with E-state index in [1.165, 1.54) is 5.56 Å². The third-order valence-electron chi connectivity index (χ3n) is 5.34. The van der Waals surface area contributed by atoms with Crippen LogP contribution in [0.5, 0.6) is 0 Å². The maximum absolute atomic E-state index is 9.00. The van der Waals surface area contributed by atoms with Crippen LogP contribution in [0.25, 0.3) is 0 Å². The first-order valence-electron chi connectivity index (χ1n) is 11.3. The van der Waals surface area contributed by atoms with E-state index in [4.69, 9.17) is 34.7 Å². The number of ether oxygens (including phenoxy) is 1. The molecule has 4 rings (SSSR count). The molecule has 0 amide bonds. The first-order valence-corrected chi connectivity index (χ1v) is 11.3. The molecule has 0 spiro atoms. The molecule has 11 nitrogen and oxygen atoms in total. The summed E-state index contributed by atoms with van der Waals surface area (Å²) in [5.41, 5.74) is 7.43. The number of hydrogen-bond donors (Lipinski definition) is 3. The van der Waals surface area contributed by atoms with Crippen LogP contribution in [0.2, 0.25) is 0 Å². The SMILES string of the molecule is CC(=O)O.CC(=O)O.N[C@H](Cc1ccccc1)c1nnc(N2CCN(C3CCOCC3)CC2)o1. The minimum Gasteiger partial charge on any atom is -0.481 e. The summed E-state index contributed by atoms with van der Waals surface area (Å²) < 4.78 is 11.3. The van der Waals surface area contributed by atoms with E-state index >= 15 is 0 Å². The number of benzene rings is 1. The number of hydrogen-bond acceptors (Lipinski definition) is 9. The van der Waals surface area contributed by atoms with E-state index in [-0.39, 0.29) is 6.04 Å². The fourth-order valence-corrected chi connectivity index (χ4v) is 3.79. The highest BCUT2D eigenvalue weighted by Crippen LogP contribution is 2.22. The van der Waals surface area contributed by atoms with Crippen molar-refractivity contribution in [1.29, 1.82) is 0 Å². The summed E-state index contributed by atoms with van der Waals surface area (Å²) in [5.74, 6) is -1.16. The largest absolute Gasteiger partial charge is 0.481 e. The van der Waals surface area contributed by atoms with Crippen molar-refractivity contribution in [2.24, 2.45) is 5.73 Å². The minimum atomic E-state index is -0.833. The molecule has 2 fully saturated rings. The molecule has 0 saturated carbocycles. The van der Waals surface area contributed by atoms with Gasteiger partial charge < -0.3 is 30.0 Å². The Balaban J connectivity index is 0.000000446. The molecule has 34 heavy (non-hydrogen) atoms. The number of aromatic nitrogens is 2. The molecular weight excluding hydrogens is 442 g/mol. The molecule has 2 saturated heterocycles. The lowest BCUT2D eigenvalue weighted by Crippen LogP contribution is -2.51. The Morgan fingerprint density at radius 1 is 1.03 bits per heavy atom. The van der Waals surface area contributed by atoms with Gasteiger partial charge in [0.05, 0.1) is 6.04 Å². The molecule has 2 aromatic rings. The molecule has 2 aliphatic heterocycles. The number of carbonyl (C=O) groups is 2. The molecule has 0 radical (unpaired) electrons. The fourth-order valence-electron chi connectivity index (χ4n) is 3.79. The summed E-state index contributed by atoms with van der Waals surface area (Å²) in [6, 6.07) is 11.1. The Bertz CT molecular complexity index is 844. The molecule has 1 aromatic heterocycles. The second-order valence-electron chi connectivity index (χ2n) is 8.12. The summed E-state index contributed by atoms with van der Waals surface area (Å²) in [6.07, 6.45) is 2.97. The smallest absolute Gasteiger partial charge is 0.318 e. The Hall–Kier alpha value is -3.02. The maximum Gasteiger partial charge on any atom is 0.318 e. The average molecular weight is 478 g/mol. The van der Waals surface area contributed by atoms with E-state index in [0.717, 1.165) is 66.1 Å². The molecule has 0 bridgehead atoms. The Morgan fingerprint density at radius 3 is 2.15 bits per heavy atom. The number of anilines is 1. The number of carboxylic acids is 2. The zero-order valence-corrected chi connectivity index (χ0v) is 19.8. The third-order valence-corrected chi connectivity index (χ3v) is 5.34. The number of nitrogens with zero attached hydrogens (tertiary/aromatic N) is 4. The highest BCUT2D eigenvalue weighted by Gasteiger charge is 2.27. The minimum absolute atomic E-state index is 0.276. The van der Waals surface area contributed by atoms with E-state index in [2.05, 4.69) is 32.1 Å². The van der Waals surface area contributed by atoms with Crippen LogP contribution < -0.4 is 10.6 Å². The Labute approximate surface area is 199 Å². The van der Waals surface area contributed by atoms with Gasteiger partial charge in [0, 0.05) is 59.3 Å². The zero-order chi connectivity index (χ0) is 24.9. The lowest BCUT2D eigenvalue weighted by atomic mass is 10.1. The van der Waals surface area contributed by atoms with Gasteiger partial charge in [0.25, 0.3) is 11.9 Å². The number of rotatable bonds is 5. The van der Waals surface area contributed by atoms with E-state index in [9.17, 15) is 0 Å². The van der Waals surface area contributed by atoms with Gasteiger partial charge in [-0.25, -0.2) is 0 Å².